The molecule has 4 nitrogen and oxygen atoms in total. The van der Waals surface area contributed by atoms with Gasteiger partial charge in [0, 0.05) is 19.0 Å². The highest BCUT2D eigenvalue weighted by Gasteiger charge is 2.30. The molecule has 1 unspecified atom stereocenters. The monoisotopic (exact) mass is 339 g/mol. The van der Waals surface area contributed by atoms with Crippen LogP contribution < -0.4 is 0 Å². The van der Waals surface area contributed by atoms with Gasteiger partial charge in [-0.15, -0.1) is 0 Å². The summed E-state index contributed by atoms with van der Waals surface area (Å²) in [5, 5.41) is 9.97. The fourth-order valence-corrected chi connectivity index (χ4v) is 3.26. The minimum absolute atomic E-state index is 0.0123. The first-order valence-electron chi connectivity index (χ1n) is 8.68. The Morgan fingerprint density at radius 2 is 1.88 bits per heavy atom. The molecule has 0 bridgehead atoms. The number of ether oxygens (including phenoxy) is 1. The molecule has 2 aromatic carbocycles. The summed E-state index contributed by atoms with van der Waals surface area (Å²) in [6.07, 6.45) is 0.462. The van der Waals surface area contributed by atoms with Crippen molar-refractivity contribution in [3.63, 3.8) is 0 Å². The molecule has 132 valence electrons. The van der Waals surface area contributed by atoms with Gasteiger partial charge in [-0.3, -0.25) is 0 Å². The number of amides is 1. The Hall–Kier alpha value is -2.49. The molecule has 1 aliphatic rings. The van der Waals surface area contributed by atoms with E-state index in [4.69, 9.17) is 4.74 Å². The van der Waals surface area contributed by atoms with Crippen LogP contribution in [-0.4, -0.2) is 34.8 Å². The summed E-state index contributed by atoms with van der Waals surface area (Å²) < 4.78 is 5.58. The number of rotatable bonds is 1. The van der Waals surface area contributed by atoms with E-state index in [0.717, 1.165) is 23.1 Å². The lowest BCUT2D eigenvalue weighted by molar-refractivity contribution is 0.0251. The number of phenolic OH excluding ortho intramolecular Hbond substituents is 1. The molecule has 0 saturated carbocycles. The van der Waals surface area contributed by atoms with Crippen molar-refractivity contribution >= 4 is 6.09 Å². The standard InChI is InChI=1S/C21H25NO3/c1-21(2,3)25-20(24)22-12-11-16-9-10-17(23)13-18(16)19(14-22)15-7-5-4-6-8-15/h4-10,13,19,23H,11-12,14H2,1-3H3. The number of fused-ring (bicyclic) bond motifs is 1. The third-order valence-corrected chi connectivity index (χ3v) is 4.41. The largest absolute Gasteiger partial charge is 0.508 e. The minimum Gasteiger partial charge on any atom is -0.508 e. The number of phenols is 1. The summed E-state index contributed by atoms with van der Waals surface area (Å²) in [4.78, 5) is 14.4. The molecule has 1 N–H and O–H groups in total. The van der Waals surface area contributed by atoms with Gasteiger partial charge < -0.3 is 14.7 Å². The van der Waals surface area contributed by atoms with E-state index in [1.165, 1.54) is 0 Å². The van der Waals surface area contributed by atoms with Crippen LogP contribution in [0.15, 0.2) is 48.5 Å². The molecule has 1 heterocycles. The predicted molar refractivity (Wildman–Crippen MR) is 97.9 cm³/mol. The molecule has 0 aliphatic carbocycles. The lowest BCUT2D eigenvalue weighted by Crippen LogP contribution is -2.39. The van der Waals surface area contributed by atoms with Crippen molar-refractivity contribution in [2.45, 2.75) is 38.7 Å². The Kier molecular flexibility index (Phi) is 4.71. The van der Waals surface area contributed by atoms with Crippen molar-refractivity contribution in [3.05, 3.63) is 65.2 Å². The van der Waals surface area contributed by atoms with Crippen LogP contribution in [-0.2, 0) is 11.2 Å². The van der Waals surface area contributed by atoms with Gasteiger partial charge in [-0.05, 0) is 56.0 Å². The smallest absolute Gasteiger partial charge is 0.410 e. The molecular formula is C21H25NO3. The average Bonchev–Trinajstić information content (AvgIpc) is 2.73. The first kappa shape index (κ1) is 17.3. The van der Waals surface area contributed by atoms with Crippen molar-refractivity contribution in [1.82, 2.24) is 4.90 Å². The predicted octanol–water partition coefficient (Wildman–Crippen LogP) is 4.32. The number of benzene rings is 2. The molecule has 0 aromatic heterocycles. The molecular weight excluding hydrogens is 314 g/mol. The maximum absolute atomic E-state index is 12.6. The van der Waals surface area contributed by atoms with Crippen LogP contribution in [0, 0.1) is 0 Å². The van der Waals surface area contributed by atoms with E-state index in [1.807, 2.05) is 51.1 Å². The van der Waals surface area contributed by atoms with Crippen LogP contribution in [0.2, 0.25) is 0 Å². The molecule has 0 fully saturated rings. The van der Waals surface area contributed by atoms with Crippen LogP contribution in [0.25, 0.3) is 0 Å². The zero-order chi connectivity index (χ0) is 18.0. The van der Waals surface area contributed by atoms with Crippen LogP contribution in [0.4, 0.5) is 4.79 Å². The molecule has 2 aromatic rings. The second kappa shape index (κ2) is 6.79. The number of aromatic hydroxyl groups is 1. The van der Waals surface area contributed by atoms with E-state index in [2.05, 4.69) is 12.1 Å². The summed E-state index contributed by atoms with van der Waals surface area (Å²) >= 11 is 0. The van der Waals surface area contributed by atoms with Crippen LogP contribution in [0.3, 0.4) is 0 Å². The molecule has 0 saturated heterocycles. The molecule has 25 heavy (non-hydrogen) atoms. The van der Waals surface area contributed by atoms with E-state index in [-0.39, 0.29) is 17.8 Å². The van der Waals surface area contributed by atoms with Crippen LogP contribution >= 0.6 is 0 Å². The van der Waals surface area contributed by atoms with E-state index < -0.39 is 5.60 Å². The third kappa shape index (κ3) is 4.13. The van der Waals surface area contributed by atoms with Crippen LogP contribution in [0.5, 0.6) is 5.75 Å². The van der Waals surface area contributed by atoms with Gasteiger partial charge in [0.05, 0.1) is 0 Å². The van der Waals surface area contributed by atoms with Gasteiger partial charge in [0.2, 0.25) is 0 Å². The number of hydrogen-bond acceptors (Lipinski definition) is 3. The van der Waals surface area contributed by atoms with E-state index >= 15 is 0 Å². The van der Waals surface area contributed by atoms with Crippen molar-refractivity contribution < 1.29 is 14.6 Å². The lowest BCUT2D eigenvalue weighted by atomic mass is 9.88. The summed E-state index contributed by atoms with van der Waals surface area (Å²) in [7, 11) is 0. The van der Waals surface area contributed by atoms with Gasteiger partial charge in [-0.1, -0.05) is 36.4 Å². The summed E-state index contributed by atoms with van der Waals surface area (Å²) in [5.74, 6) is 0.267. The van der Waals surface area contributed by atoms with Gasteiger partial charge in [-0.2, -0.15) is 0 Å². The minimum atomic E-state index is -0.517. The second-order valence-electron chi connectivity index (χ2n) is 7.52. The topological polar surface area (TPSA) is 49.8 Å². The third-order valence-electron chi connectivity index (χ3n) is 4.41. The fraction of sp³-hybridized carbons (Fsp3) is 0.381. The fourth-order valence-electron chi connectivity index (χ4n) is 3.26. The van der Waals surface area contributed by atoms with E-state index in [9.17, 15) is 9.90 Å². The van der Waals surface area contributed by atoms with Crippen molar-refractivity contribution in [2.75, 3.05) is 13.1 Å². The van der Waals surface area contributed by atoms with Gasteiger partial charge >= 0.3 is 6.09 Å². The number of nitrogens with zero attached hydrogens (tertiary/aromatic N) is 1. The number of hydrogen-bond donors (Lipinski definition) is 1. The summed E-state index contributed by atoms with van der Waals surface area (Å²) in [5.41, 5.74) is 2.86. The molecule has 1 amide bonds. The maximum Gasteiger partial charge on any atom is 0.410 e. The Bertz CT molecular complexity index is 749. The van der Waals surface area contributed by atoms with Crippen LogP contribution in [0.1, 0.15) is 43.4 Å². The summed E-state index contributed by atoms with van der Waals surface area (Å²) in [6, 6.07) is 15.6. The number of carbonyl (C=O) groups excluding carboxylic acids is 1. The molecule has 4 heteroatoms. The average molecular weight is 339 g/mol. The van der Waals surface area contributed by atoms with Crippen molar-refractivity contribution in [3.8, 4) is 5.75 Å². The van der Waals surface area contributed by atoms with Gasteiger partial charge in [-0.25, -0.2) is 4.79 Å². The zero-order valence-electron chi connectivity index (χ0n) is 15.0. The van der Waals surface area contributed by atoms with Crippen molar-refractivity contribution in [1.29, 1.82) is 0 Å². The van der Waals surface area contributed by atoms with E-state index in [1.54, 1.807) is 11.0 Å². The van der Waals surface area contributed by atoms with Gasteiger partial charge in [0.25, 0.3) is 0 Å². The molecule has 0 radical (unpaired) electrons. The highest BCUT2D eigenvalue weighted by atomic mass is 16.6. The maximum atomic E-state index is 12.6. The zero-order valence-corrected chi connectivity index (χ0v) is 15.0. The number of carbonyl (C=O) groups is 1. The Morgan fingerprint density at radius 1 is 1.16 bits per heavy atom. The Morgan fingerprint density at radius 3 is 2.56 bits per heavy atom. The molecule has 0 spiro atoms. The first-order chi connectivity index (χ1) is 11.8. The van der Waals surface area contributed by atoms with Gasteiger partial charge in [0.15, 0.2) is 0 Å². The summed E-state index contributed by atoms with van der Waals surface area (Å²) in [6.45, 7) is 6.78. The normalized spacial score (nSPS) is 17.6. The van der Waals surface area contributed by atoms with Gasteiger partial charge in [0.1, 0.15) is 11.4 Å². The molecule has 3 rings (SSSR count). The van der Waals surface area contributed by atoms with E-state index in [0.29, 0.717) is 13.1 Å². The molecule has 1 atom stereocenters. The molecule has 1 aliphatic heterocycles. The quantitative estimate of drug-likeness (QED) is 0.842. The highest BCUT2D eigenvalue weighted by molar-refractivity contribution is 5.68. The Balaban J connectivity index is 1.96. The lowest BCUT2D eigenvalue weighted by Gasteiger charge is -2.28. The highest BCUT2D eigenvalue weighted by Crippen LogP contribution is 2.34. The van der Waals surface area contributed by atoms with Crippen molar-refractivity contribution in [2.24, 2.45) is 0 Å². The second-order valence-corrected chi connectivity index (χ2v) is 7.52. The SMILES string of the molecule is CC(C)(C)OC(=O)N1CCc2ccc(O)cc2C(c2ccccc2)C1. The Labute approximate surface area is 149 Å². The first-order valence-corrected chi connectivity index (χ1v) is 8.68.